The van der Waals surface area contributed by atoms with Gasteiger partial charge in [-0.05, 0) is 19.4 Å². The summed E-state index contributed by atoms with van der Waals surface area (Å²) in [4.78, 5) is 10.6. The third kappa shape index (κ3) is 4.49. The number of nitrogens with zero attached hydrogens (tertiary/aromatic N) is 1. The summed E-state index contributed by atoms with van der Waals surface area (Å²) in [6, 6.07) is 14.6. The lowest BCUT2D eigenvalue weighted by atomic mass is 10.2. The average Bonchev–Trinajstić information content (AvgIpc) is 2.45. The fourth-order valence-electron chi connectivity index (χ4n) is 1.93. The summed E-state index contributed by atoms with van der Waals surface area (Å²) in [5, 5.41) is 14.2. The first-order valence-corrected chi connectivity index (χ1v) is 6.78. The molecule has 110 valence electrons. The van der Waals surface area contributed by atoms with Crippen LogP contribution in [0.4, 0.5) is 11.4 Å². The molecular weight excluding hydrogens is 268 g/mol. The second-order valence-corrected chi connectivity index (χ2v) is 4.98. The average molecular weight is 286 g/mol. The van der Waals surface area contributed by atoms with Gasteiger partial charge < -0.3 is 10.1 Å². The third-order valence-corrected chi connectivity index (χ3v) is 2.81. The van der Waals surface area contributed by atoms with Crippen LogP contribution in [0.15, 0.2) is 48.5 Å². The van der Waals surface area contributed by atoms with Gasteiger partial charge in [0.15, 0.2) is 0 Å². The molecule has 0 aliphatic carbocycles. The predicted molar refractivity (Wildman–Crippen MR) is 82.6 cm³/mol. The minimum Gasteiger partial charge on any atom is -0.491 e. The number of nitrogens with one attached hydrogen (secondary N) is 1. The van der Waals surface area contributed by atoms with E-state index in [0.29, 0.717) is 18.0 Å². The SMILES string of the molecule is CC(C)Oc1cc(NCc2ccccc2)cc([N+](=O)[O-])c1. The number of anilines is 1. The lowest BCUT2D eigenvalue weighted by Crippen LogP contribution is -2.07. The van der Waals surface area contributed by atoms with Crippen LogP contribution in [-0.2, 0) is 6.54 Å². The van der Waals surface area contributed by atoms with Crippen molar-refractivity contribution >= 4 is 11.4 Å². The number of ether oxygens (including phenoxy) is 1. The van der Waals surface area contributed by atoms with Gasteiger partial charge in [-0.2, -0.15) is 0 Å². The minimum atomic E-state index is -0.416. The summed E-state index contributed by atoms with van der Waals surface area (Å²) in [6.45, 7) is 4.37. The van der Waals surface area contributed by atoms with Gasteiger partial charge in [0.05, 0.1) is 17.1 Å². The van der Waals surface area contributed by atoms with Crippen molar-refractivity contribution in [3.63, 3.8) is 0 Å². The maximum atomic E-state index is 11.0. The molecule has 0 saturated heterocycles. The molecule has 0 amide bonds. The van der Waals surface area contributed by atoms with Crippen LogP contribution in [0.1, 0.15) is 19.4 Å². The first-order valence-electron chi connectivity index (χ1n) is 6.78. The van der Waals surface area contributed by atoms with Gasteiger partial charge in [0.2, 0.25) is 0 Å². The standard InChI is InChI=1S/C16H18N2O3/c1-12(2)21-16-9-14(8-15(10-16)18(19)20)17-11-13-6-4-3-5-7-13/h3-10,12,17H,11H2,1-2H3. The van der Waals surface area contributed by atoms with Crippen molar-refractivity contribution in [2.45, 2.75) is 26.5 Å². The summed E-state index contributed by atoms with van der Waals surface area (Å²) in [6.07, 6.45) is -0.0334. The van der Waals surface area contributed by atoms with E-state index in [9.17, 15) is 10.1 Å². The highest BCUT2D eigenvalue weighted by Gasteiger charge is 2.11. The molecule has 2 aromatic rings. The number of benzene rings is 2. The fourth-order valence-corrected chi connectivity index (χ4v) is 1.93. The van der Waals surface area contributed by atoms with E-state index in [-0.39, 0.29) is 11.8 Å². The number of nitro groups is 1. The molecule has 5 nitrogen and oxygen atoms in total. The molecule has 0 radical (unpaired) electrons. The van der Waals surface area contributed by atoms with Crippen molar-refractivity contribution in [1.29, 1.82) is 0 Å². The number of hydrogen-bond donors (Lipinski definition) is 1. The van der Waals surface area contributed by atoms with Gasteiger partial charge in [0.1, 0.15) is 5.75 Å². The van der Waals surface area contributed by atoms with Crippen molar-refractivity contribution in [3.05, 3.63) is 64.2 Å². The van der Waals surface area contributed by atoms with Crippen LogP contribution >= 0.6 is 0 Å². The molecule has 0 fully saturated rings. The van der Waals surface area contributed by atoms with Gasteiger partial charge in [0, 0.05) is 24.4 Å². The van der Waals surface area contributed by atoms with E-state index in [0.717, 1.165) is 5.56 Å². The van der Waals surface area contributed by atoms with E-state index in [1.54, 1.807) is 6.07 Å². The lowest BCUT2D eigenvalue weighted by Gasteiger charge is -2.12. The third-order valence-electron chi connectivity index (χ3n) is 2.81. The van der Waals surface area contributed by atoms with Crippen molar-refractivity contribution in [2.75, 3.05) is 5.32 Å². The smallest absolute Gasteiger partial charge is 0.275 e. The molecule has 0 atom stereocenters. The molecule has 0 aromatic heterocycles. The minimum absolute atomic E-state index is 0.0173. The molecule has 5 heteroatoms. The Kier molecular flexibility index (Phi) is 4.77. The molecule has 2 rings (SSSR count). The molecule has 0 bridgehead atoms. The Labute approximate surface area is 123 Å². The quantitative estimate of drug-likeness (QED) is 0.644. The van der Waals surface area contributed by atoms with Crippen molar-refractivity contribution in [1.82, 2.24) is 0 Å². The van der Waals surface area contributed by atoms with Gasteiger partial charge in [-0.3, -0.25) is 10.1 Å². The molecule has 1 N–H and O–H groups in total. The Morgan fingerprint density at radius 2 is 1.90 bits per heavy atom. The fraction of sp³-hybridized carbons (Fsp3) is 0.250. The summed E-state index contributed by atoms with van der Waals surface area (Å²) in [5.41, 5.74) is 1.79. The van der Waals surface area contributed by atoms with Crippen LogP contribution < -0.4 is 10.1 Å². The maximum Gasteiger partial charge on any atom is 0.275 e. The van der Waals surface area contributed by atoms with Crippen LogP contribution in [0.2, 0.25) is 0 Å². The van der Waals surface area contributed by atoms with E-state index >= 15 is 0 Å². The Hall–Kier alpha value is -2.56. The van der Waals surface area contributed by atoms with Crippen LogP contribution in [0.3, 0.4) is 0 Å². The van der Waals surface area contributed by atoms with Crippen molar-refractivity contribution in [3.8, 4) is 5.75 Å². The molecule has 0 heterocycles. The first-order chi connectivity index (χ1) is 10.0. The maximum absolute atomic E-state index is 11.0. The molecular formula is C16H18N2O3. The highest BCUT2D eigenvalue weighted by Crippen LogP contribution is 2.27. The highest BCUT2D eigenvalue weighted by molar-refractivity contribution is 5.56. The zero-order chi connectivity index (χ0) is 15.2. The van der Waals surface area contributed by atoms with E-state index in [4.69, 9.17) is 4.74 Å². The Morgan fingerprint density at radius 1 is 1.19 bits per heavy atom. The Balaban J connectivity index is 2.17. The predicted octanol–water partition coefficient (Wildman–Crippen LogP) is 3.99. The van der Waals surface area contributed by atoms with Gasteiger partial charge in [0.25, 0.3) is 5.69 Å². The first kappa shape index (κ1) is 14.8. The monoisotopic (exact) mass is 286 g/mol. The zero-order valence-electron chi connectivity index (χ0n) is 12.1. The highest BCUT2D eigenvalue weighted by atomic mass is 16.6. The summed E-state index contributed by atoms with van der Waals surface area (Å²) >= 11 is 0. The molecule has 0 aliphatic rings. The van der Waals surface area contributed by atoms with E-state index < -0.39 is 4.92 Å². The van der Waals surface area contributed by atoms with E-state index in [1.807, 2.05) is 44.2 Å². The number of non-ortho nitro benzene ring substituents is 1. The second-order valence-electron chi connectivity index (χ2n) is 4.98. The topological polar surface area (TPSA) is 64.4 Å². The van der Waals surface area contributed by atoms with Crippen LogP contribution in [0.5, 0.6) is 5.75 Å². The van der Waals surface area contributed by atoms with Crippen molar-refractivity contribution < 1.29 is 9.66 Å². The Bertz CT molecular complexity index is 612. The van der Waals surface area contributed by atoms with E-state index in [1.165, 1.54) is 12.1 Å². The Morgan fingerprint density at radius 3 is 2.52 bits per heavy atom. The number of nitro benzene ring substituents is 1. The zero-order valence-corrected chi connectivity index (χ0v) is 12.1. The normalized spacial score (nSPS) is 10.4. The summed E-state index contributed by atoms with van der Waals surface area (Å²) in [5.74, 6) is 0.495. The van der Waals surface area contributed by atoms with Gasteiger partial charge in [-0.1, -0.05) is 30.3 Å². The summed E-state index contributed by atoms with van der Waals surface area (Å²) < 4.78 is 5.55. The van der Waals surface area contributed by atoms with Crippen LogP contribution in [0.25, 0.3) is 0 Å². The number of rotatable bonds is 6. The number of hydrogen-bond acceptors (Lipinski definition) is 4. The second kappa shape index (κ2) is 6.74. The van der Waals surface area contributed by atoms with Gasteiger partial charge in [-0.15, -0.1) is 0 Å². The molecule has 21 heavy (non-hydrogen) atoms. The van der Waals surface area contributed by atoms with Crippen molar-refractivity contribution in [2.24, 2.45) is 0 Å². The van der Waals surface area contributed by atoms with Crippen LogP contribution in [-0.4, -0.2) is 11.0 Å². The summed E-state index contributed by atoms with van der Waals surface area (Å²) in [7, 11) is 0. The molecule has 2 aromatic carbocycles. The van der Waals surface area contributed by atoms with Gasteiger partial charge >= 0.3 is 0 Å². The molecule has 0 saturated carbocycles. The largest absolute Gasteiger partial charge is 0.491 e. The lowest BCUT2D eigenvalue weighted by molar-refractivity contribution is -0.384. The van der Waals surface area contributed by atoms with Crippen LogP contribution in [0, 0.1) is 10.1 Å². The van der Waals surface area contributed by atoms with Gasteiger partial charge in [-0.25, -0.2) is 0 Å². The molecule has 0 aliphatic heterocycles. The molecule has 0 spiro atoms. The molecule has 0 unspecified atom stereocenters. The van der Waals surface area contributed by atoms with E-state index in [2.05, 4.69) is 5.32 Å².